The van der Waals surface area contributed by atoms with E-state index in [0.29, 0.717) is 17.9 Å². The number of carbonyl (C=O) groups is 3. The van der Waals surface area contributed by atoms with Crippen LogP contribution < -0.4 is 10.2 Å². The van der Waals surface area contributed by atoms with Crippen LogP contribution in [0.3, 0.4) is 0 Å². The largest absolute Gasteiger partial charge is 0.365 e. The number of amides is 4. The molecular weight excluding hydrogens is 360 g/mol. The van der Waals surface area contributed by atoms with Gasteiger partial charge in [0.2, 0.25) is 11.8 Å². The first-order valence-electron chi connectivity index (χ1n) is 8.11. The quantitative estimate of drug-likeness (QED) is 0.437. The Hall–Kier alpha value is -2.62. The average molecular weight is 376 g/mol. The van der Waals surface area contributed by atoms with Crippen molar-refractivity contribution in [2.75, 3.05) is 30.0 Å². The molecule has 26 heavy (non-hydrogen) atoms. The molecule has 3 aliphatic heterocycles. The standard InChI is InChI=1S/C16H16N4O5S/c1-18-14(22)16(13(21)17-15(18)23)7-9-6-10(20(24)25)2-3-11(9)19-4-5-26-8-12(16)19/h2-3,6,12H,4-5,7-8H2,1H3,(H,17,21,23)/t12-,16+/m1/s1. The van der Waals surface area contributed by atoms with E-state index in [1.165, 1.54) is 19.2 Å². The van der Waals surface area contributed by atoms with Gasteiger partial charge in [0.25, 0.3) is 5.69 Å². The highest BCUT2D eigenvalue weighted by Crippen LogP contribution is 2.47. The zero-order chi connectivity index (χ0) is 18.6. The van der Waals surface area contributed by atoms with Crippen LogP contribution in [0.2, 0.25) is 0 Å². The normalized spacial score (nSPS) is 27.9. The number of urea groups is 1. The number of nitro groups is 1. The van der Waals surface area contributed by atoms with Gasteiger partial charge in [-0.25, -0.2) is 4.79 Å². The van der Waals surface area contributed by atoms with Crippen molar-refractivity contribution in [3.8, 4) is 0 Å². The van der Waals surface area contributed by atoms with E-state index in [1.54, 1.807) is 17.8 Å². The summed E-state index contributed by atoms with van der Waals surface area (Å²) in [6.45, 7) is 0.625. The fourth-order valence-electron chi connectivity index (χ4n) is 4.06. The van der Waals surface area contributed by atoms with E-state index in [9.17, 15) is 24.5 Å². The molecule has 1 aromatic rings. The maximum absolute atomic E-state index is 13.1. The number of nitro benzene ring substituents is 1. The minimum Gasteiger partial charge on any atom is -0.365 e. The molecule has 4 rings (SSSR count). The molecule has 0 unspecified atom stereocenters. The van der Waals surface area contributed by atoms with Crippen molar-refractivity contribution >= 4 is 41.0 Å². The third-order valence-electron chi connectivity index (χ3n) is 5.37. The van der Waals surface area contributed by atoms with Gasteiger partial charge in [0.05, 0.1) is 11.0 Å². The number of imide groups is 2. The van der Waals surface area contributed by atoms with Gasteiger partial charge in [-0.1, -0.05) is 0 Å². The zero-order valence-electron chi connectivity index (χ0n) is 13.9. The summed E-state index contributed by atoms with van der Waals surface area (Å²) >= 11 is 1.65. The Balaban J connectivity index is 1.90. The van der Waals surface area contributed by atoms with Gasteiger partial charge in [0, 0.05) is 49.3 Å². The molecule has 2 saturated heterocycles. The van der Waals surface area contributed by atoms with E-state index >= 15 is 0 Å². The number of barbiturate groups is 1. The van der Waals surface area contributed by atoms with Crippen molar-refractivity contribution in [3.05, 3.63) is 33.9 Å². The molecule has 0 saturated carbocycles. The summed E-state index contributed by atoms with van der Waals surface area (Å²) in [5.41, 5.74) is -0.157. The summed E-state index contributed by atoms with van der Waals surface area (Å²) in [6, 6.07) is 3.40. The minimum atomic E-state index is -1.46. The Kier molecular flexibility index (Phi) is 3.69. The molecular formula is C16H16N4O5S. The van der Waals surface area contributed by atoms with Crippen LogP contribution in [0.25, 0.3) is 0 Å². The molecule has 1 aromatic carbocycles. The van der Waals surface area contributed by atoms with E-state index in [-0.39, 0.29) is 12.1 Å². The number of nitrogens with one attached hydrogen (secondary N) is 1. The highest BCUT2D eigenvalue weighted by molar-refractivity contribution is 7.99. The predicted molar refractivity (Wildman–Crippen MR) is 94.0 cm³/mol. The number of anilines is 1. The lowest BCUT2D eigenvalue weighted by Gasteiger charge is -2.53. The summed E-state index contributed by atoms with van der Waals surface area (Å²) in [7, 11) is 1.34. The van der Waals surface area contributed by atoms with Crippen molar-refractivity contribution in [3.63, 3.8) is 0 Å². The molecule has 3 aliphatic rings. The zero-order valence-corrected chi connectivity index (χ0v) is 14.7. The van der Waals surface area contributed by atoms with Crippen LogP contribution >= 0.6 is 11.8 Å². The van der Waals surface area contributed by atoms with Crippen LogP contribution in [0.15, 0.2) is 18.2 Å². The number of rotatable bonds is 1. The Bertz CT molecular complexity index is 859. The fourth-order valence-corrected chi connectivity index (χ4v) is 5.24. The maximum Gasteiger partial charge on any atom is 0.330 e. The fraction of sp³-hybridized carbons (Fsp3) is 0.438. The highest BCUT2D eigenvalue weighted by atomic mass is 32.2. The van der Waals surface area contributed by atoms with Crippen LogP contribution in [0.1, 0.15) is 5.56 Å². The third kappa shape index (κ3) is 2.14. The summed E-state index contributed by atoms with van der Waals surface area (Å²) in [5, 5.41) is 13.4. The highest BCUT2D eigenvalue weighted by Gasteiger charge is 2.61. The molecule has 9 nitrogen and oxygen atoms in total. The first-order valence-corrected chi connectivity index (χ1v) is 9.27. The van der Waals surface area contributed by atoms with Crippen molar-refractivity contribution in [1.29, 1.82) is 0 Å². The lowest BCUT2D eigenvalue weighted by molar-refractivity contribution is -0.384. The van der Waals surface area contributed by atoms with Crippen molar-refractivity contribution in [2.45, 2.75) is 12.5 Å². The molecule has 10 heteroatoms. The minimum absolute atomic E-state index is 0.0357. The van der Waals surface area contributed by atoms with Crippen LogP contribution in [-0.2, 0) is 16.0 Å². The van der Waals surface area contributed by atoms with Crippen LogP contribution in [0.5, 0.6) is 0 Å². The van der Waals surface area contributed by atoms with Crippen LogP contribution in [0, 0.1) is 15.5 Å². The predicted octanol–water partition coefficient (Wildman–Crippen LogP) is 0.767. The summed E-state index contributed by atoms with van der Waals surface area (Å²) in [4.78, 5) is 51.4. The molecule has 136 valence electrons. The Morgan fingerprint density at radius 3 is 2.85 bits per heavy atom. The number of carbonyl (C=O) groups excluding carboxylic acids is 3. The molecule has 1 spiro atoms. The van der Waals surface area contributed by atoms with Crippen molar-refractivity contribution < 1.29 is 19.3 Å². The van der Waals surface area contributed by atoms with Gasteiger partial charge in [-0.05, 0) is 11.6 Å². The number of non-ortho nitro benzene ring substituents is 1. The molecule has 0 radical (unpaired) electrons. The monoisotopic (exact) mass is 376 g/mol. The topological polar surface area (TPSA) is 113 Å². The molecule has 3 heterocycles. The van der Waals surface area contributed by atoms with E-state index in [1.807, 2.05) is 4.90 Å². The van der Waals surface area contributed by atoms with E-state index < -0.39 is 34.2 Å². The molecule has 2 fully saturated rings. The van der Waals surface area contributed by atoms with Gasteiger partial charge < -0.3 is 4.90 Å². The van der Waals surface area contributed by atoms with E-state index in [0.717, 1.165) is 16.3 Å². The molecule has 0 aromatic heterocycles. The lowest BCUT2D eigenvalue weighted by atomic mass is 9.69. The Labute approximate surface area is 152 Å². The van der Waals surface area contributed by atoms with Gasteiger partial charge in [0.1, 0.15) is 0 Å². The van der Waals surface area contributed by atoms with Crippen molar-refractivity contribution in [2.24, 2.45) is 5.41 Å². The van der Waals surface area contributed by atoms with Gasteiger partial charge in [0.15, 0.2) is 5.41 Å². The number of hydrogen-bond donors (Lipinski definition) is 1. The van der Waals surface area contributed by atoms with Gasteiger partial charge in [-0.3, -0.25) is 29.9 Å². The van der Waals surface area contributed by atoms with Gasteiger partial charge in [-0.15, -0.1) is 0 Å². The van der Waals surface area contributed by atoms with Crippen LogP contribution in [-0.4, -0.2) is 58.8 Å². The second-order valence-electron chi connectivity index (χ2n) is 6.63. The second kappa shape index (κ2) is 5.70. The van der Waals surface area contributed by atoms with Gasteiger partial charge >= 0.3 is 6.03 Å². The summed E-state index contributed by atoms with van der Waals surface area (Å²) in [5.74, 6) is 0.215. The lowest BCUT2D eigenvalue weighted by Crippen LogP contribution is -2.72. The summed E-state index contributed by atoms with van der Waals surface area (Å²) in [6.07, 6.45) is 0.0357. The van der Waals surface area contributed by atoms with Crippen molar-refractivity contribution in [1.82, 2.24) is 10.2 Å². The molecule has 2 atom stereocenters. The van der Waals surface area contributed by atoms with E-state index in [2.05, 4.69) is 5.32 Å². The van der Waals surface area contributed by atoms with Crippen LogP contribution in [0.4, 0.5) is 16.2 Å². The number of hydrogen-bond acceptors (Lipinski definition) is 7. The second-order valence-corrected chi connectivity index (χ2v) is 7.78. The SMILES string of the molecule is CN1C(=O)NC(=O)[C@@]2(Cc3cc([N+](=O)[O-])ccc3N3CCSC[C@@H]32)C1=O. The molecule has 1 N–H and O–H groups in total. The third-order valence-corrected chi connectivity index (χ3v) is 6.39. The first kappa shape index (κ1) is 16.8. The number of thioether (sulfide) groups is 1. The Morgan fingerprint density at radius 2 is 2.12 bits per heavy atom. The molecule has 4 amide bonds. The number of nitrogens with zero attached hydrogens (tertiary/aromatic N) is 3. The maximum atomic E-state index is 13.1. The average Bonchev–Trinajstić information content (AvgIpc) is 2.64. The molecule has 0 bridgehead atoms. The molecule has 0 aliphatic carbocycles. The number of benzene rings is 1. The van der Waals surface area contributed by atoms with Gasteiger partial charge in [-0.2, -0.15) is 11.8 Å². The van der Waals surface area contributed by atoms with E-state index in [4.69, 9.17) is 0 Å². The first-order chi connectivity index (χ1) is 12.4. The number of fused-ring (bicyclic) bond motifs is 4. The Morgan fingerprint density at radius 1 is 1.35 bits per heavy atom. The summed E-state index contributed by atoms with van der Waals surface area (Å²) < 4.78 is 0. The smallest absolute Gasteiger partial charge is 0.330 e.